The summed E-state index contributed by atoms with van der Waals surface area (Å²) in [4.78, 5) is 4.30. The zero-order valence-corrected chi connectivity index (χ0v) is 20.0. The Morgan fingerprint density at radius 1 is 1.03 bits per heavy atom. The first kappa shape index (κ1) is 24.5. The summed E-state index contributed by atoms with van der Waals surface area (Å²) in [5, 5.41) is 4.69. The Bertz CT molecular complexity index is 1210. The Morgan fingerprint density at radius 3 is 2.42 bits per heavy atom. The maximum Gasteiger partial charge on any atom is 0.241 e. The zero-order valence-electron chi connectivity index (χ0n) is 19.2. The summed E-state index contributed by atoms with van der Waals surface area (Å²) in [7, 11) is 1.09. The number of sulfonamides is 1. The lowest BCUT2D eigenvalue weighted by Gasteiger charge is -2.13. The number of hydrogen-bond donors (Lipinski definition) is 2. The largest absolute Gasteiger partial charge is 0.493 e. The second-order valence-corrected chi connectivity index (χ2v) is 9.11. The van der Waals surface area contributed by atoms with Crippen molar-refractivity contribution >= 4 is 26.9 Å². The molecular weight excluding hydrogens is 442 g/mol. The molecule has 176 valence electrons. The average molecular weight is 472 g/mol. The second kappa shape index (κ2) is 11.1. The Morgan fingerprint density at radius 2 is 1.76 bits per heavy atom. The van der Waals surface area contributed by atoms with Crippen LogP contribution in [0.15, 0.2) is 59.3 Å². The SMILES string of the molecule is COc1cc(C=C(C)CNCCNS(=O)(=O)c2cccc3cnccc23)cc(OC)c1OC. The molecule has 0 saturated heterocycles. The molecule has 0 radical (unpaired) electrons. The van der Waals surface area contributed by atoms with Crippen LogP contribution in [0.25, 0.3) is 16.8 Å². The highest BCUT2D eigenvalue weighted by atomic mass is 32.2. The standard InChI is InChI=1S/C24H29N3O5S/c1-17(12-18-13-21(30-2)24(32-4)22(14-18)31-3)15-26-10-11-27-33(28,29)23-7-5-6-19-16-25-9-8-20(19)23/h5-9,12-14,16,26-27H,10-11,15H2,1-4H3. The number of benzene rings is 2. The number of ether oxygens (including phenoxy) is 3. The van der Waals surface area contributed by atoms with Gasteiger partial charge in [-0.3, -0.25) is 4.98 Å². The minimum Gasteiger partial charge on any atom is -0.493 e. The lowest BCUT2D eigenvalue weighted by Crippen LogP contribution is -2.32. The highest BCUT2D eigenvalue weighted by molar-refractivity contribution is 7.89. The van der Waals surface area contributed by atoms with E-state index >= 15 is 0 Å². The number of aromatic nitrogens is 1. The molecule has 1 aromatic heterocycles. The molecule has 8 nitrogen and oxygen atoms in total. The summed E-state index contributed by atoms with van der Waals surface area (Å²) in [6, 6.07) is 10.6. The van der Waals surface area contributed by atoms with Gasteiger partial charge in [0.05, 0.1) is 26.2 Å². The summed E-state index contributed by atoms with van der Waals surface area (Å²) < 4.78 is 44.3. The van der Waals surface area contributed by atoms with Crippen LogP contribution in [0, 0.1) is 0 Å². The highest BCUT2D eigenvalue weighted by Crippen LogP contribution is 2.38. The number of pyridine rings is 1. The number of rotatable bonds is 11. The smallest absolute Gasteiger partial charge is 0.241 e. The summed E-state index contributed by atoms with van der Waals surface area (Å²) in [5.74, 6) is 1.72. The number of hydrogen-bond acceptors (Lipinski definition) is 7. The Labute approximate surface area is 194 Å². The van der Waals surface area contributed by atoms with E-state index in [4.69, 9.17) is 14.2 Å². The predicted molar refractivity (Wildman–Crippen MR) is 130 cm³/mol. The van der Waals surface area contributed by atoms with E-state index in [1.165, 1.54) is 0 Å². The van der Waals surface area contributed by atoms with Crippen LogP contribution in [0.4, 0.5) is 0 Å². The number of fused-ring (bicyclic) bond motifs is 1. The van der Waals surface area contributed by atoms with Gasteiger partial charge in [0.1, 0.15) is 0 Å². The lowest BCUT2D eigenvalue weighted by molar-refractivity contribution is 0.324. The van der Waals surface area contributed by atoms with Gasteiger partial charge in [-0.05, 0) is 36.8 Å². The van der Waals surface area contributed by atoms with Crippen molar-refractivity contribution in [2.45, 2.75) is 11.8 Å². The van der Waals surface area contributed by atoms with Gasteiger partial charge in [0.25, 0.3) is 0 Å². The van der Waals surface area contributed by atoms with Gasteiger partial charge in [-0.1, -0.05) is 23.8 Å². The first-order chi connectivity index (χ1) is 15.9. The lowest BCUT2D eigenvalue weighted by atomic mass is 10.1. The number of nitrogens with zero attached hydrogens (tertiary/aromatic N) is 1. The first-order valence-electron chi connectivity index (χ1n) is 10.4. The van der Waals surface area contributed by atoms with E-state index in [1.54, 1.807) is 51.9 Å². The number of nitrogens with one attached hydrogen (secondary N) is 2. The van der Waals surface area contributed by atoms with Gasteiger partial charge < -0.3 is 19.5 Å². The van der Waals surface area contributed by atoms with Crippen LogP contribution in [-0.4, -0.2) is 54.4 Å². The van der Waals surface area contributed by atoms with E-state index in [1.807, 2.05) is 31.2 Å². The minimum atomic E-state index is -3.63. The molecule has 0 atom stereocenters. The molecule has 3 aromatic rings. The van der Waals surface area contributed by atoms with Gasteiger partial charge in [0, 0.05) is 42.8 Å². The van der Waals surface area contributed by atoms with Crippen molar-refractivity contribution in [2.75, 3.05) is 41.0 Å². The van der Waals surface area contributed by atoms with Crippen molar-refractivity contribution in [1.29, 1.82) is 0 Å². The van der Waals surface area contributed by atoms with Gasteiger partial charge in [-0.15, -0.1) is 0 Å². The Balaban J connectivity index is 1.57. The molecule has 0 unspecified atom stereocenters. The third kappa shape index (κ3) is 6.01. The molecule has 1 heterocycles. The Kier molecular flexibility index (Phi) is 8.26. The molecule has 33 heavy (non-hydrogen) atoms. The molecule has 0 aliphatic rings. The van der Waals surface area contributed by atoms with Gasteiger partial charge in [-0.25, -0.2) is 13.1 Å². The monoisotopic (exact) mass is 471 g/mol. The molecule has 0 amide bonds. The van der Waals surface area contributed by atoms with Gasteiger partial charge >= 0.3 is 0 Å². The normalized spacial score (nSPS) is 12.1. The maximum atomic E-state index is 12.8. The second-order valence-electron chi connectivity index (χ2n) is 7.38. The van der Waals surface area contributed by atoms with Gasteiger partial charge in [-0.2, -0.15) is 0 Å². The Hall–Kier alpha value is -3.14. The maximum absolute atomic E-state index is 12.8. The fourth-order valence-corrected chi connectivity index (χ4v) is 4.74. The van der Waals surface area contributed by atoms with Crippen LogP contribution in [0.3, 0.4) is 0 Å². The molecule has 0 fully saturated rings. The molecule has 2 aromatic carbocycles. The van der Waals surface area contributed by atoms with Crippen LogP contribution < -0.4 is 24.2 Å². The molecule has 0 aliphatic heterocycles. The third-order valence-corrected chi connectivity index (χ3v) is 6.55. The molecule has 0 aliphatic carbocycles. The van der Waals surface area contributed by atoms with Crippen LogP contribution >= 0.6 is 0 Å². The van der Waals surface area contributed by atoms with Crippen LogP contribution in [0.1, 0.15) is 12.5 Å². The molecule has 3 rings (SSSR count). The number of methoxy groups -OCH3 is 3. The van der Waals surface area contributed by atoms with E-state index in [2.05, 4.69) is 15.0 Å². The third-order valence-electron chi connectivity index (χ3n) is 5.03. The van der Waals surface area contributed by atoms with E-state index < -0.39 is 10.0 Å². The summed E-state index contributed by atoms with van der Waals surface area (Å²) >= 11 is 0. The predicted octanol–water partition coefficient (Wildman–Crippen LogP) is 3.23. The van der Waals surface area contributed by atoms with Crippen molar-refractivity contribution in [2.24, 2.45) is 0 Å². The van der Waals surface area contributed by atoms with Gasteiger partial charge in [0.15, 0.2) is 11.5 Å². The van der Waals surface area contributed by atoms with E-state index in [9.17, 15) is 8.42 Å². The molecule has 2 N–H and O–H groups in total. The van der Waals surface area contributed by atoms with Crippen LogP contribution in [-0.2, 0) is 10.0 Å². The fraction of sp³-hybridized carbons (Fsp3) is 0.292. The van der Waals surface area contributed by atoms with Gasteiger partial charge in [0.2, 0.25) is 15.8 Å². The highest BCUT2D eigenvalue weighted by Gasteiger charge is 2.16. The molecule has 0 spiro atoms. The van der Waals surface area contributed by atoms with Crippen molar-refractivity contribution in [3.8, 4) is 17.2 Å². The average Bonchev–Trinajstić information content (AvgIpc) is 2.82. The van der Waals surface area contributed by atoms with Crippen molar-refractivity contribution in [1.82, 2.24) is 15.0 Å². The first-order valence-corrected chi connectivity index (χ1v) is 11.9. The van der Waals surface area contributed by atoms with Crippen LogP contribution in [0.2, 0.25) is 0 Å². The zero-order chi connectivity index (χ0) is 23.8. The van der Waals surface area contributed by atoms with E-state index in [0.717, 1.165) is 16.5 Å². The summed E-state index contributed by atoms with van der Waals surface area (Å²) in [5.41, 5.74) is 1.98. The summed E-state index contributed by atoms with van der Waals surface area (Å²) in [6.45, 7) is 3.33. The fourth-order valence-electron chi connectivity index (χ4n) is 3.48. The minimum absolute atomic E-state index is 0.251. The van der Waals surface area contributed by atoms with E-state index in [0.29, 0.717) is 35.7 Å². The topological polar surface area (TPSA) is 98.8 Å². The molecule has 0 bridgehead atoms. The van der Waals surface area contributed by atoms with Crippen molar-refractivity contribution in [3.05, 3.63) is 59.9 Å². The molecule has 0 saturated carbocycles. The quantitative estimate of drug-likeness (QED) is 0.414. The molecule has 9 heteroatoms. The van der Waals surface area contributed by atoms with Crippen molar-refractivity contribution in [3.63, 3.8) is 0 Å². The summed E-state index contributed by atoms with van der Waals surface area (Å²) in [6.07, 6.45) is 5.25. The van der Waals surface area contributed by atoms with E-state index in [-0.39, 0.29) is 11.4 Å². The molecular formula is C24H29N3O5S. The van der Waals surface area contributed by atoms with Crippen molar-refractivity contribution < 1.29 is 22.6 Å². The van der Waals surface area contributed by atoms with Crippen LogP contribution in [0.5, 0.6) is 17.2 Å².